The molecule has 1 heterocycles. The Kier molecular flexibility index (Phi) is 4.76. The first-order valence-electron chi connectivity index (χ1n) is 7.08. The third-order valence-electron chi connectivity index (χ3n) is 3.73. The summed E-state index contributed by atoms with van der Waals surface area (Å²) in [6, 6.07) is 3.81. The van der Waals surface area contributed by atoms with Crippen molar-refractivity contribution < 1.29 is 9.90 Å². The molecule has 6 heteroatoms. The van der Waals surface area contributed by atoms with Crippen LogP contribution in [0.2, 0.25) is 5.02 Å². The van der Waals surface area contributed by atoms with Crippen LogP contribution in [0.1, 0.15) is 25.5 Å². The third kappa shape index (κ3) is 3.15. The number of halogens is 1. The van der Waals surface area contributed by atoms with Crippen LogP contribution in [0.25, 0.3) is 0 Å². The molecule has 1 aliphatic heterocycles. The summed E-state index contributed by atoms with van der Waals surface area (Å²) in [6.07, 6.45) is -1.12. The van der Waals surface area contributed by atoms with Crippen LogP contribution in [0, 0.1) is 0 Å². The lowest BCUT2D eigenvalue weighted by Gasteiger charge is -2.33. The van der Waals surface area contributed by atoms with Crippen LogP contribution < -0.4 is 10.2 Å². The van der Waals surface area contributed by atoms with Crippen molar-refractivity contribution >= 4 is 28.9 Å². The highest BCUT2D eigenvalue weighted by molar-refractivity contribution is 6.33. The zero-order valence-corrected chi connectivity index (χ0v) is 13.6. The zero-order valence-electron chi connectivity index (χ0n) is 12.9. The molecule has 0 aromatic heterocycles. The van der Waals surface area contributed by atoms with Gasteiger partial charge in [-0.1, -0.05) is 11.6 Å². The molecule has 2 N–H and O–H groups in total. The molecule has 2 atom stereocenters. The first-order chi connectivity index (χ1) is 9.85. The smallest absolute Gasteiger partial charge is 0.257 e. The maximum Gasteiger partial charge on any atom is 0.257 e. The number of nitrogens with zero attached hydrogens (tertiary/aromatic N) is 2. The van der Waals surface area contributed by atoms with E-state index >= 15 is 0 Å². The minimum atomic E-state index is -1.12. The fourth-order valence-electron chi connectivity index (χ4n) is 2.82. The van der Waals surface area contributed by atoms with E-state index in [4.69, 9.17) is 11.6 Å². The molecule has 2 rings (SSSR count). The number of aliphatic hydroxyl groups is 1. The summed E-state index contributed by atoms with van der Waals surface area (Å²) >= 11 is 6.37. The first-order valence-corrected chi connectivity index (χ1v) is 7.46. The van der Waals surface area contributed by atoms with Gasteiger partial charge in [0.1, 0.15) is 0 Å². The maximum absolute atomic E-state index is 11.5. The van der Waals surface area contributed by atoms with Crippen LogP contribution in [-0.4, -0.2) is 49.1 Å². The van der Waals surface area contributed by atoms with Crippen LogP contribution >= 0.6 is 11.6 Å². The summed E-state index contributed by atoms with van der Waals surface area (Å²) in [5, 5.41) is 13.0. The summed E-state index contributed by atoms with van der Waals surface area (Å²) < 4.78 is 0. The third-order valence-corrected chi connectivity index (χ3v) is 4.03. The number of hydrogen-bond acceptors (Lipinski definition) is 4. The van der Waals surface area contributed by atoms with E-state index in [1.165, 1.54) is 0 Å². The lowest BCUT2D eigenvalue weighted by molar-refractivity contribution is -0.123. The molecule has 1 amide bonds. The number of carbonyl (C=O) groups excluding carboxylic acids is 1. The van der Waals surface area contributed by atoms with Crippen molar-refractivity contribution in [2.24, 2.45) is 0 Å². The molecule has 1 aromatic carbocycles. The van der Waals surface area contributed by atoms with Gasteiger partial charge in [-0.25, -0.2) is 0 Å². The maximum atomic E-state index is 11.5. The fourth-order valence-corrected chi connectivity index (χ4v) is 3.10. The van der Waals surface area contributed by atoms with Crippen molar-refractivity contribution in [2.45, 2.75) is 26.0 Å². The number of carbonyl (C=O) groups is 1. The number of hydrogen-bond donors (Lipinski definition) is 2. The van der Waals surface area contributed by atoms with E-state index in [1.54, 1.807) is 6.07 Å². The second-order valence-electron chi connectivity index (χ2n) is 5.68. The fraction of sp³-hybridized carbons (Fsp3) is 0.533. The van der Waals surface area contributed by atoms with Crippen LogP contribution in [0.5, 0.6) is 0 Å². The van der Waals surface area contributed by atoms with Crippen LogP contribution in [0.15, 0.2) is 12.1 Å². The van der Waals surface area contributed by atoms with E-state index in [9.17, 15) is 9.90 Å². The molecule has 0 spiro atoms. The van der Waals surface area contributed by atoms with Gasteiger partial charge in [-0.2, -0.15) is 0 Å². The Morgan fingerprint density at radius 3 is 2.67 bits per heavy atom. The van der Waals surface area contributed by atoms with Crippen molar-refractivity contribution in [1.82, 2.24) is 4.90 Å². The molecular formula is C15H22ClN3O2. The molecule has 0 saturated carbocycles. The highest BCUT2D eigenvalue weighted by Gasteiger charge is 2.30. The highest BCUT2D eigenvalue weighted by Crippen LogP contribution is 2.39. The summed E-state index contributed by atoms with van der Waals surface area (Å²) in [6.45, 7) is 5.92. The number of amides is 1. The molecule has 21 heavy (non-hydrogen) atoms. The number of nitrogens with one attached hydrogen (secondary N) is 1. The SMILES string of the molecule is CCN(c1cc2c(cc1Cl)C(O)C(=O)N2)C(C)CN(C)C. The molecule has 116 valence electrons. The van der Waals surface area contributed by atoms with Gasteiger partial charge in [0.05, 0.1) is 10.7 Å². The van der Waals surface area contributed by atoms with Gasteiger partial charge in [-0.05, 0) is 40.1 Å². The molecule has 1 aromatic rings. The quantitative estimate of drug-likeness (QED) is 0.874. The number of fused-ring (bicyclic) bond motifs is 1. The Hall–Kier alpha value is -1.30. The largest absolute Gasteiger partial charge is 0.378 e. The van der Waals surface area contributed by atoms with E-state index in [-0.39, 0.29) is 6.04 Å². The number of rotatable bonds is 5. The Morgan fingerprint density at radius 1 is 1.43 bits per heavy atom. The Labute approximate surface area is 130 Å². The lowest BCUT2D eigenvalue weighted by Crippen LogP contribution is -2.40. The second-order valence-corrected chi connectivity index (χ2v) is 6.09. The van der Waals surface area contributed by atoms with E-state index < -0.39 is 12.0 Å². The van der Waals surface area contributed by atoms with E-state index in [0.717, 1.165) is 18.8 Å². The molecule has 0 aliphatic carbocycles. The topological polar surface area (TPSA) is 55.8 Å². The van der Waals surface area contributed by atoms with Crippen molar-refractivity contribution in [1.29, 1.82) is 0 Å². The minimum absolute atomic E-state index is 0.280. The van der Waals surface area contributed by atoms with Gasteiger partial charge < -0.3 is 20.2 Å². The predicted molar refractivity (Wildman–Crippen MR) is 86.1 cm³/mol. The number of aliphatic hydroxyl groups excluding tert-OH is 1. The Morgan fingerprint density at radius 2 is 2.10 bits per heavy atom. The number of benzene rings is 1. The molecule has 1 aliphatic rings. The lowest BCUT2D eigenvalue weighted by atomic mass is 10.1. The van der Waals surface area contributed by atoms with Crippen molar-refractivity contribution in [3.8, 4) is 0 Å². The van der Waals surface area contributed by atoms with Gasteiger partial charge in [0.2, 0.25) is 0 Å². The number of anilines is 2. The second kappa shape index (κ2) is 6.22. The molecule has 2 unspecified atom stereocenters. The monoisotopic (exact) mass is 311 g/mol. The minimum Gasteiger partial charge on any atom is -0.378 e. The molecule has 5 nitrogen and oxygen atoms in total. The van der Waals surface area contributed by atoms with Crippen LogP contribution in [0.3, 0.4) is 0 Å². The Balaban J connectivity index is 2.35. The van der Waals surface area contributed by atoms with Gasteiger partial charge in [0, 0.05) is 30.4 Å². The molecule has 0 radical (unpaired) electrons. The summed E-state index contributed by atoms with van der Waals surface area (Å²) in [7, 11) is 4.07. The molecular weight excluding hydrogens is 290 g/mol. The number of likely N-dealkylation sites (N-methyl/N-ethyl adjacent to an activating group) is 2. The van der Waals surface area contributed by atoms with E-state index in [2.05, 4.69) is 29.0 Å². The Bertz CT molecular complexity index is 548. The average Bonchev–Trinajstić information content (AvgIpc) is 2.66. The average molecular weight is 312 g/mol. The van der Waals surface area contributed by atoms with Gasteiger partial charge in [-0.3, -0.25) is 4.79 Å². The predicted octanol–water partition coefficient (Wildman–Crippen LogP) is 2.10. The molecule has 0 saturated heterocycles. The zero-order chi connectivity index (χ0) is 15.7. The van der Waals surface area contributed by atoms with E-state index in [1.807, 2.05) is 20.2 Å². The van der Waals surface area contributed by atoms with Crippen LogP contribution in [-0.2, 0) is 4.79 Å². The van der Waals surface area contributed by atoms with Gasteiger partial charge in [0.25, 0.3) is 5.91 Å². The molecule has 0 fully saturated rings. The van der Waals surface area contributed by atoms with Gasteiger partial charge in [-0.15, -0.1) is 0 Å². The van der Waals surface area contributed by atoms with Gasteiger partial charge in [0.15, 0.2) is 6.10 Å². The van der Waals surface area contributed by atoms with E-state index in [0.29, 0.717) is 16.3 Å². The standard InChI is InChI=1S/C15H22ClN3O2/c1-5-19(9(2)8-18(3)4)13-7-12-10(6-11(13)16)14(20)15(21)17-12/h6-7,9,14,20H,5,8H2,1-4H3,(H,17,21). The highest BCUT2D eigenvalue weighted by atomic mass is 35.5. The van der Waals surface area contributed by atoms with Crippen molar-refractivity contribution in [3.63, 3.8) is 0 Å². The molecule has 0 bridgehead atoms. The van der Waals surface area contributed by atoms with Gasteiger partial charge >= 0.3 is 0 Å². The first kappa shape index (κ1) is 16.1. The van der Waals surface area contributed by atoms with Crippen molar-refractivity contribution in [3.05, 3.63) is 22.7 Å². The van der Waals surface area contributed by atoms with Crippen molar-refractivity contribution in [2.75, 3.05) is 37.4 Å². The summed E-state index contributed by atoms with van der Waals surface area (Å²) in [4.78, 5) is 15.9. The summed E-state index contributed by atoms with van der Waals surface area (Å²) in [5.74, 6) is -0.400. The summed E-state index contributed by atoms with van der Waals surface area (Å²) in [5.41, 5.74) is 2.06. The normalized spacial score (nSPS) is 18.6. The van der Waals surface area contributed by atoms with Crippen LogP contribution in [0.4, 0.5) is 11.4 Å².